The fourth-order valence-electron chi connectivity index (χ4n) is 1.77. The molecule has 0 aliphatic rings. The Kier molecular flexibility index (Phi) is 7.38. The van der Waals surface area contributed by atoms with Gasteiger partial charge in [-0.15, -0.1) is 0 Å². The van der Waals surface area contributed by atoms with Gasteiger partial charge in [-0.25, -0.2) is 4.99 Å². The third kappa shape index (κ3) is 6.13. The predicted octanol–water partition coefficient (Wildman–Crippen LogP) is 1.74. The molecule has 1 rings (SSSR count). The van der Waals surface area contributed by atoms with E-state index in [2.05, 4.69) is 15.0 Å². The summed E-state index contributed by atoms with van der Waals surface area (Å²) in [5.74, 6) is 0.439. The minimum absolute atomic E-state index is 0.0161. The Morgan fingerprint density at radius 3 is 2.64 bits per heavy atom. The number of rotatable bonds is 8. The summed E-state index contributed by atoms with van der Waals surface area (Å²) >= 11 is 0. The second-order valence-electron chi connectivity index (χ2n) is 4.57. The van der Waals surface area contributed by atoms with Crippen molar-refractivity contribution in [2.45, 2.75) is 26.1 Å². The summed E-state index contributed by atoms with van der Waals surface area (Å²) in [6.07, 6.45) is 0. The molecule has 0 bridgehead atoms. The molecule has 0 aliphatic heterocycles. The summed E-state index contributed by atoms with van der Waals surface area (Å²) in [7, 11) is 2.97. The molecule has 0 aliphatic carbocycles. The quantitative estimate of drug-likeness (QED) is 0.564. The molecule has 0 fully saturated rings. The van der Waals surface area contributed by atoms with Crippen molar-refractivity contribution in [1.29, 1.82) is 0 Å². The zero-order valence-electron chi connectivity index (χ0n) is 12.8. The highest BCUT2D eigenvalue weighted by molar-refractivity contribution is 5.78. The van der Waals surface area contributed by atoms with Gasteiger partial charge >= 0.3 is 6.61 Å². The van der Waals surface area contributed by atoms with Crippen LogP contribution >= 0.6 is 0 Å². The standard InChI is InChI=1S/C14H21F2N3O3/c1-9(8-20-2)19-14(17)18-7-10-4-5-11(21-3)12(6-10)22-13(15)16/h4-6,9,13H,7-8H2,1-3H3,(H3,17,18,19). The maximum Gasteiger partial charge on any atom is 0.387 e. The van der Waals surface area contributed by atoms with E-state index < -0.39 is 6.61 Å². The molecule has 0 aromatic heterocycles. The molecule has 1 aromatic rings. The molecule has 3 N–H and O–H groups in total. The maximum absolute atomic E-state index is 12.4. The van der Waals surface area contributed by atoms with E-state index in [-0.39, 0.29) is 30.0 Å². The zero-order valence-corrected chi connectivity index (χ0v) is 12.8. The number of nitrogens with zero attached hydrogens (tertiary/aromatic N) is 1. The van der Waals surface area contributed by atoms with Crippen LogP contribution in [0.25, 0.3) is 0 Å². The number of methoxy groups -OCH3 is 2. The summed E-state index contributed by atoms with van der Waals surface area (Å²) in [5, 5.41) is 2.95. The Morgan fingerprint density at radius 1 is 1.32 bits per heavy atom. The second-order valence-corrected chi connectivity index (χ2v) is 4.57. The van der Waals surface area contributed by atoms with Gasteiger partial charge in [-0.2, -0.15) is 8.78 Å². The molecular formula is C14H21F2N3O3. The van der Waals surface area contributed by atoms with Gasteiger partial charge in [0.1, 0.15) is 0 Å². The van der Waals surface area contributed by atoms with Crippen LogP contribution in [0, 0.1) is 0 Å². The third-order valence-corrected chi connectivity index (χ3v) is 2.69. The van der Waals surface area contributed by atoms with E-state index in [1.54, 1.807) is 19.2 Å². The molecule has 0 heterocycles. The second kappa shape index (κ2) is 9.04. The fraction of sp³-hybridized carbons (Fsp3) is 0.500. The number of nitrogens with one attached hydrogen (secondary N) is 1. The number of aliphatic imine (C=N–C) groups is 1. The molecule has 0 saturated carbocycles. The number of nitrogens with two attached hydrogens (primary N) is 1. The zero-order chi connectivity index (χ0) is 16.5. The van der Waals surface area contributed by atoms with Gasteiger partial charge in [0.15, 0.2) is 17.5 Å². The van der Waals surface area contributed by atoms with Crippen molar-refractivity contribution in [1.82, 2.24) is 5.32 Å². The van der Waals surface area contributed by atoms with Crippen LogP contribution in [-0.4, -0.2) is 39.4 Å². The molecule has 0 amide bonds. The lowest BCUT2D eigenvalue weighted by molar-refractivity contribution is -0.0512. The van der Waals surface area contributed by atoms with Crippen LogP contribution < -0.4 is 20.5 Å². The van der Waals surface area contributed by atoms with Gasteiger partial charge < -0.3 is 25.3 Å². The van der Waals surface area contributed by atoms with Gasteiger partial charge in [0.05, 0.1) is 20.3 Å². The van der Waals surface area contributed by atoms with E-state index in [4.69, 9.17) is 15.2 Å². The van der Waals surface area contributed by atoms with Crippen LogP contribution in [0.3, 0.4) is 0 Å². The highest BCUT2D eigenvalue weighted by atomic mass is 19.3. The third-order valence-electron chi connectivity index (χ3n) is 2.69. The van der Waals surface area contributed by atoms with Gasteiger partial charge in [0.25, 0.3) is 0 Å². The molecule has 1 atom stereocenters. The van der Waals surface area contributed by atoms with Gasteiger partial charge in [0.2, 0.25) is 0 Å². The lowest BCUT2D eigenvalue weighted by Gasteiger charge is -2.13. The maximum atomic E-state index is 12.4. The number of hydrogen-bond acceptors (Lipinski definition) is 4. The Hall–Kier alpha value is -2.09. The molecule has 124 valence electrons. The van der Waals surface area contributed by atoms with E-state index >= 15 is 0 Å². The average molecular weight is 317 g/mol. The number of halogens is 2. The largest absolute Gasteiger partial charge is 0.493 e. The summed E-state index contributed by atoms with van der Waals surface area (Å²) in [5.41, 5.74) is 6.40. The number of ether oxygens (including phenoxy) is 3. The van der Waals surface area contributed by atoms with E-state index in [1.807, 2.05) is 6.92 Å². The van der Waals surface area contributed by atoms with Crippen LogP contribution in [-0.2, 0) is 11.3 Å². The Labute approximate surface area is 128 Å². The van der Waals surface area contributed by atoms with Crippen molar-refractivity contribution in [3.05, 3.63) is 23.8 Å². The molecule has 6 nitrogen and oxygen atoms in total. The van der Waals surface area contributed by atoms with Crippen LogP contribution in [0.2, 0.25) is 0 Å². The first-order valence-corrected chi connectivity index (χ1v) is 6.63. The highest BCUT2D eigenvalue weighted by Gasteiger charge is 2.11. The first-order chi connectivity index (χ1) is 10.5. The predicted molar refractivity (Wildman–Crippen MR) is 79.4 cm³/mol. The van der Waals surface area contributed by atoms with Crippen LogP contribution in [0.1, 0.15) is 12.5 Å². The van der Waals surface area contributed by atoms with Crippen molar-refractivity contribution in [2.75, 3.05) is 20.8 Å². The monoisotopic (exact) mass is 317 g/mol. The van der Waals surface area contributed by atoms with Crippen molar-refractivity contribution in [3.8, 4) is 11.5 Å². The van der Waals surface area contributed by atoms with E-state index in [9.17, 15) is 8.78 Å². The van der Waals surface area contributed by atoms with Crippen molar-refractivity contribution >= 4 is 5.96 Å². The van der Waals surface area contributed by atoms with Crippen LogP contribution in [0.15, 0.2) is 23.2 Å². The van der Waals surface area contributed by atoms with Crippen LogP contribution in [0.5, 0.6) is 11.5 Å². The number of guanidine groups is 1. The van der Waals surface area contributed by atoms with Crippen molar-refractivity contribution < 1.29 is 23.0 Å². The molecular weight excluding hydrogens is 296 g/mol. The Balaban J connectivity index is 2.72. The van der Waals surface area contributed by atoms with Gasteiger partial charge in [-0.05, 0) is 24.6 Å². The smallest absolute Gasteiger partial charge is 0.387 e. The SMILES string of the molecule is COCC(C)NC(N)=NCc1ccc(OC)c(OC(F)F)c1. The van der Waals surface area contributed by atoms with Gasteiger partial charge in [-0.1, -0.05) is 6.07 Å². The Morgan fingerprint density at radius 2 is 2.05 bits per heavy atom. The summed E-state index contributed by atoms with van der Waals surface area (Å²) in [6, 6.07) is 4.70. The number of alkyl halides is 2. The number of benzene rings is 1. The molecule has 1 unspecified atom stereocenters. The summed E-state index contributed by atoms with van der Waals surface area (Å²) in [4.78, 5) is 4.14. The molecule has 0 spiro atoms. The molecule has 1 aromatic carbocycles. The fourth-order valence-corrected chi connectivity index (χ4v) is 1.77. The molecule has 22 heavy (non-hydrogen) atoms. The first-order valence-electron chi connectivity index (χ1n) is 6.63. The van der Waals surface area contributed by atoms with Crippen molar-refractivity contribution in [2.24, 2.45) is 10.7 Å². The van der Waals surface area contributed by atoms with E-state index in [1.165, 1.54) is 13.2 Å². The lowest BCUT2D eigenvalue weighted by Crippen LogP contribution is -2.40. The molecule has 0 saturated heterocycles. The van der Waals surface area contributed by atoms with E-state index in [0.29, 0.717) is 12.2 Å². The minimum atomic E-state index is -2.92. The lowest BCUT2D eigenvalue weighted by atomic mass is 10.2. The molecule has 0 radical (unpaired) electrons. The highest BCUT2D eigenvalue weighted by Crippen LogP contribution is 2.29. The summed E-state index contributed by atoms with van der Waals surface area (Å²) < 4.78 is 39.0. The van der Waals surface area contributed by atoms with Gasteiger partial charge in [0, 0.05) is 13.2 Å². The topological polar surface area (TPSA) is 78.1 Å². The Bertz CT molecular complexity index is 498. The van der Waals surface area contributed by atoms with Gasteiger partial charge in [-0.3, -0.25) is 0 Å². The van der Waals surface area contributed by atoms with Crippen LogP contribution in [0.4, 0.5) is 8.78 Å². The van der Waals surface area contributed by atoms with Crippen molar-refractivity contribution in [3.63, 3.8) is 0 Å². The number of hydrogen-bond donors (Lipinski definition) is 2. The normalized spacial score (nSPS) is 13.1. The summed E-state index contributed by atoms with van der Waals surface area (Å²) in [6.45, 7) is -0.310. The minimum Gasteiger partial charge on any atom is -0.493 e. The first kappa shape index (κ1) is 18.0. The van der Waals surface area contributed by atoms with E-state index in [0.717, 1.165) is 0 Å². The average Bonchev–Trinajstić information content (AvgIpc) is 2.45. The molecule has 8 heteroatoms.